The molecule has 20 heavy (non-hydrogen) atoms. The molecule has 106 valence electrons. The zero-order valence-electron chi connectivity index (χ0n) is 10.6. The van der Waals surface area contributed by atoms with E-state index in [1.165, 1.54) is 16.7 Å². The summed E-state index contributed by atoms with van der Waals surface area (Å²) in [5.41, 5.74) is 1.45. The lowest BCUT2D eigenvalue weighted by molar-refractivity contribution is -0.127. The second-order valence-corrected chi connectivity index (χ2v) is 5.60. The second kappa shape index (κ2) is 5.43. The van der Waals surface area contributed by atoms with Crippen molar-refractivity contribution in [3.8, 4) is 0 Å². The quantitative estimate of drug-likeness (QED) is 0.801. The van der Waals surface area contributed by atoms with Crippen LogP contribution in [0.5, 0.6) is 0 Å². The van der Waals surface area contributed by atoms with Gasteiger partial charge in [0.1, 0.15) is 5.52 Å². The molecule has 2 heterocycles. The third-order valence-electron chi connectivity index (χ3n) is 3.21. The fourth-order valence-corrected chi connectivity index (χ4v) is 2.84. The summed E-state index contributed by atoms with van der Waals surface area (Å²) < 4.78 is 5.51. The number of amides is 1. The fraction of sp³-hybridized carbons (Fsp3) is 0.385. The standard InChI is InChI=1S/C13H14N2O4S/c16-9-5-15(6-10(9)17)12(18)7-20-13-14-8-3-1-2-4-11(8)19-13/h1-4,9-10,16-17H,5-7H2. The molecule has 0 radical (unpaired) electrons. The predicted octanol–water partition coefficient (Wildman–Crippen LogP) is 0.484. The van der Waals surface area contributed by atoms with Gasteiger partial charge in [-0.2, -0.15) is 0 Å². The number of hydrogen-bond acceptors (Lipinski definition) is 6. The summed E-state index contributed by atoms with van der Waals surface area (Å²) in [6.07, 6.45) is -1.71. The Labute approximate surface area is 119 Å². The van der Waals surface area contributed by atoms with E-state index in [-0.39, 0.29) is 24.7 Å². The van der Waals surface area contributed by atoms with Crippen LogP contribution in [0.4, 0.5) is 0 Å². The van der Waals surface area contributed by atoms with Crippen molar-refractivity contribution in [3.63, 3.8) is 0 Å². The SMILES string of the molecule is O=C(CSc1nc2ccccc2o1)N1CC(O)C(O)C1. The van der Waals surface area contributed by atoms with E-state index in [9.17, 15) is 15.0 Å². The van der Waals surface area contributed by atoms with E-state index in [2.05, 4.69) is 4.98 Å². The average Bonchev–Trinajstić information content (AvgIpc) is 3.00. The molecule has 2 aromatic rings. The summed E-state index contributed by atoms with van der Waals surface area (Å²) in [7, 11) is 0. The van der Waals surface area contributed by atoms with E-state index < -0.39 is 12.2 Å². The molecule has 0 aliphatic carbocycles. The molecule has 1 aliphatic heterocycles. The van der Waals surface area contributed by atoms with Crippen molar-refractivity contribution >= 4 is 28.8 Å². The molecule has 1 amide bonds. The van der Waals surface area contributed by atoms with Crippen LogP contribution in [0.2, 0.25) is 0 Å². The zero-order chi connectivity index (χ0) is 14.1. The van der Waals surface area contributed by atoms with Crippen molar-refractivity contribution in [2.45, 2.75) is 17.4 Å². The molecule has 7 heteroatoms. The van der Waals surface area contributed by atoms with E-state index in [1.807, 2.05) is 24.3 Å². The lowest BCUT2D eigenvalue weighted by atomic mass is 10.3. The first kappa shape index (κ1) is 13.4. The number of carbonyl (C=O) groups is 1. The summed E-state index contributed by atoms with van der Waals surface area (Å²) >= 11 is 1.21. The third kappa shape index (κ3) is 2.65. The number of likely N-dealkylation sites (tertiary alicyclic amines) is 1. The molecular weight excluding hydrogens is 280 g/mol. The van der Waals surface area contributed by atoms with E-state index >= 15 is 0 Å². The molecule has 0 saturated carbocycles. The number of carbonyl (C=O) groups excluding carboxylic acids is 1. The van der Waals surface area contributed by atoms with Gasteiger partial charge in [0.25, 0.3) is 5.22 Å². The zero-order valence-corrected chi connectivity index (χ0v) is 11.4. The Balaban J connectivity index is 1.60. The Morgan fingerprint density at radius 3 is 2.75 bits per heavy atom. The number of hydrogen-bond donors (Lipinski definition) is 2. The molecular formula is C13H14N2O4S. The van der Waals surface area contributed by atoms with Gasteiger partial charge in [-0.05, 0) is 12.1 Å². The number of thioether (sulfide) groups is 1. The molecule has 0 spiro atoms. The largest absolute Gasteiger partial charge is 0.431 e. The number of aliphatic hydroxyl groups excluding tert-OH is 2. The monoisotopic (exact) mass is 294 g/mol. The lowest BCUT2D eigenvalue weighted by Gasteiger charge is -2.13. The number of β-amino-alcohol motifs (C(OH)–C–C–N with tert-alkyl or cyclic N) is 2. The van der Waals surface area contributed by atoms with Gasteiger partial charge in [-0.1, -0.05) is 23.9 Å². The molecule has 2 atom stereocenters. The van der Waals surface area contributed by atoms with Gasteiger partial charge in [0.2, 0.25) is 5.91 Å². The van der Waals surface area contributed by atoms with Crippen molar-refractivity contribution in [3.05, 3.63) is 24.3 Å². The Bertz CT molecular complexity index is 587. The van der Waals surface area contributed by atoms with Crippen molar-refractivity contribution in [2.75, 3.05) is 18.8 Å². The van der Waals surface area contributed by atoms with Gasteiger partial charge in [-0.3, -0.25) is 4.79 Å². The summed E-state index contributed by atoms with van der Waals surface area (Å²) in [5, 5.41) is 19.3. The van der Waals surface area contributed by atoms with E-state index in [1.54, 1.807) is 0 Å². The Morgan fingerprint density at radius 1 is 1.35 bits per heavy atom. The Morgan fingerprint density at radius 2 is 2.05 bits per heavy atom. The first-order chi connectivity index (χ1) is 9.63. The van der Waals surface area contributed by atoms with Crippen LogP contribution in [0, 0.1) is 0 Å². The van der Waals surface area contributed by atoms with Gasteiger partial charge < -0.3 is 19.5 Å². The molecule has 3 rings (SSSR count). The van der Waals surface area contributed by atoms with Crippen LogP contribution < -0.4 is 0 Å². The predicted molar refractivity (Wildman–Crippen MR) is 73.3 cm³/mol. The highest BCUT2D eigenvalue weighted by molar-refractivity contribution is 7.99. The van der Waals surface area contributed by atoms with Crippen LogP contribution in [0.3, 0.4) is 0 Å². The number of oxazole rings is 1. The molecule has 2 unspecified atom stereocenters. The van der Waals surface area contributed by atoms with Gasteiger partial charge in [0, 0.05) is 13.1 Å². The van der Waals surface area contributed by atoms with Gasteiger partial charge >= 0.3 is 0 Å². The number of fused-ring (bicyclic) bond motifs is 1. The van der Waals surface area contributed by atoms with Crippen molar-refractivity contribution in [1.82, 2.24) is 9.88 Å². The van der Waals surface area contributed by atoms with E-state index in [4.69, 9.17) is 4.42 Å². The Kier molecular flexibility index (Phi) is 3.64. The molecule has 6 nitrogen and oxygen atoms in total. The second-order valence-electron chi connectivity index (χ2n) is 4.67. The van der Waals surface area contributed by atoms with Crippen LogP contribution in [0.15, 0.2) is 33.9 Å². The minimum atomic E-state index is -0.853. The van der Waals surface area contributed by atoms with Gasteiger partial charge in [-0.15, -0.1) is 0 Å². The summed E-state index contributed by atoms with van der Waals surface area (Å²) in [4.78, 5) is 17.7. The molecule has 1 saturated heterocycles. The number of aromatic nitrogens is 1. The maximum absolute atomic E-state index is 11.9. The smallest absolute Gasteiger partial charge is 0.257 e. The fourth-order valence-electron chi connectivity index (χ4n) is 2.10. The van der Waals surface area contributed by atoms with Crippen molar-refractivity contribution < 1.29 is 19.4 Å². The van der Waals surface area contributed by atoms with Gasteiger partial charge in [-0.25, -0.2) is 4.98 Å². The summed E-state index contributed by atoms with van der Waals surface area (Å²) in [6, 6.07) is 7.40. The van der Waals surface area contributed by atoms with Crippen molar-refractivity contribution in [2.24, 2.45) is 0 Å². The number of rotatable bonds is 3. The number of para-hydroxylation sites is 2. The van der Waals surface area contributed by atoms with Crippen LogP contribution >= 0.6 is 11.8 Å². The van der Waals surface area contributed by atoms with Gasteiger partial charge in [0.15, 0.2) is 5.58 Å². The Hall–Kier alpha value is -1.57. The van der Waals surface area contributed by atoms with Crippen LogP contribution in [0.25, 0.3) is 11.1 Å². The van der Waals surface area contributed by atoms with Crippen LogP contribution in [-0.2, 0) is 4.79 Å². The van der Waals surface area contributed by atoms with Crippen LogP contribution in [0.1, 0.15) is 0 Å². The highest BCUT2D eigenvalue weighted by Gasteiger charge is 2.32. The maximum atomic E-state index is 11.9. The summed E-state index contributed by atoms with van der Waals surface area (Å²) in [5.74, 6) is 0.0274. The van der Waals surface area contributed by atoms with Crippen LogP contribution in [-0.4, -0.2) is 57.1 Å². The molecule has 2 N–H and O–H groups in total. The third-order valence-corrected chi connectivity index (χ3v) is 4.02. The molecule has 1 fully saturated rings. The molecule has 0 bridgehead atoms. The number of aliphatic hydroxyl groups is 2. The lowest BCUT2D eigenvalue weighted by Crippen LogP contribution is -2.31. The normalized spacial score (nSPS) is 22.6. The highest BCUT2D eigenvalue weighted by atomic mass is 32.2. The molecule has 1 aromatic carbocycles. The number of benzene rings is 1. The summed E-state index contributed by atoms with van der Waals surface area (Å²) in [6.45, 7) is 0.349. The van der Waals surface area contributed by atoms with Crippen molar-refractivity contribution in [1.29, 1.82) is 0 Å². The molecule has 1 aromatic heterocycles. The van der Waals surface area contributed by atoms with Gasteiger partial charge in [0.05, 0.1) is 18.0 Å². The first-order valence-corrected chi connectivity index (χ1v) is 7.24. The molecule has 1 aliphatic rings. The minimum absolute atomic E-state index is 0.146. The minimum Gasteiger partial charge on any atom is -0.431 e. The van der Waals surface area contributed by atoms with E-state index in [0.29, 0.717) is 10.8 Å². The topological polar surface area (TPSA) is 86.8 Å². The highest BCUT2D eigenvalue weighted by Crippen LogP contribution is 2.23. The maximum Gasteiger partial charge on any atom is 0.257 e. The average molecular weight is 294 g/mol. The number of nitrogens with zero attached hydrogens (tertiary/aromatic N) is 2. The first-order valence-electron chi connectivity index (χ1n) is 6.26. The van der Waals surface area contributed by atoms with E-state index in [0.717, 1.165) is 5.52 Å².